The Morgan fingerprint density at radius 3 is 2.60 bits per heavy atom. The summed E-state index contributed by atoms with van der Waals surface area (Å²) in [4.78, 5) is 7.06. The first-order valence-electron chi connectivity index (χ1n) is 7.51. The topological polar surface area (TPSA) is 28.2 Å². The van der Waals surface area contributed by atoms with E-state index in [4.69, 9.17) is 23.2 Å². The van der Waals surface area contributed by atoms with Crippen LogP contribution in [0.3, 0.4) is 0 Å². The standard InChI is InChI=1S/C15H21Cl2N3/c1-18-14-11(16)9-12(17)15(19-14)20-8-4-7-13(20)10-5-2-3-6-10/h9-10,13H,2-8H2,1H3,(H,18,19). The number of nitrogens with one attached hydrogen (secondary N) is 1. The van der Waals surface area contributed by atoms with Crippen molar-refractivity contribution in [3.8, 4) is 0 Å². The van der Waals surface area contributed by atoms with E-state index in [0.717, 1.165) is 18.3 Å². The van der Waals surface area contributed by atoms with Crippen molar-refractivity contribution in [2.45, 2.75) is 44.6 Å². The van der Waals surface area contributed by atoms with Gasteiger partial charge in [-0.25, -0.2) is 4.98 Å². The summed E-state index contributed by atoms with van der Waals surface area (Å²) in [6.07, 6.45) is 7.95. The van der Waals surface area contributed by atoms with Gasteiger partial charge in [-0.15, -0.1) is 0 Å². The zero-order valence-corrected chi connectivity index (χ0v) is 13.3. The molecule has 1 N–H and O–H groups in total. The summed E-state index contributed by atoms with van der Waals surface area (Å²) in [6.45, 7) is 1.05. The minimum absolute atomic E-state index is 0.581. The average Bonchev–Trinajstić information content (AvgIpc) is 3.09. The van der Waals surface area contributed by atoms with Gasteiger partial charge in [0, 0.05) is 19.6 Å². The lowest BCUT2D eigenvalue weighted by molar-refractivity contribution is 0.429. The molecule has 0 aromatic carbocycles. The van der Waals surface area contributed by atoms with Crippen LogP contribution in [0.25, 0.3) is 0 Å². The van der Waals surface area contributed by atoms with Gasteiger partial charge in [-0.1, -0.05) is 36.0 Å². The summed E-state index contributed by atoms with van der Waals surface area (Å²) in [5.41, 5.74) is 0. The zero-order valence-electron chi connectivity index (χ0n) is 11.8. The lowest BCUT2D eigenvalue weighted by atomic mass is 9.96. The van der Waals surface area contributed by atoms with Crippen LogP contribution in [-0.2, 0) is 0 Å². The Bertz CT molecular complexity index is 486. The third kappa shape index (κ3) is 2.58. The largest absolute Gasteiger partial charge is 0.372 e. The Morgan fingerprint density at radius 1 is 1.15 bits per heavy atom. The molecule has 1 saturated heterocycles. The molecule has 1 saturated carbocycles. The second-order valence-corrected chi connectivity index (χ2v) is 6.64. The van der Waals surface area contributed by atoms with Gasteiger partial charge in [0.2, 0.25) is 0 Å². The third-order valence-corrected chi connectivity index (χ3v) is 5.23. The lowest BCUT2D eigenvalue weighted by Crippen LogP contribution is -2.35. The van der Waals surface area contributed by atoms with Gasteiger partial charge in [-0.2, -0.15) is 0 Å². The van der Waals surface area contributed by atoms with Crippen LogP contribution in [0.2, 0.25) is 10.0 Å². The normalized spacial score (nSPS) is 23.6. The van der Waals surface area contributed by atoms with Gasteiger partial charge in [0.1, 0.15) is 11.6 Å². The van der Waals surface area contributed by atoms with Crippen molar-refractivity contribution in [3.63, 3.8) is 0 Å². The minimum atomic E-state index is 0.581. The Morgan fingerprint density at radius 2 is 1.90 bits per heavy atom. The van der Waals surface area contributed by atoms with Crippen molar-refractivity contribution in [1.29, 1.82) is 0 Å². The van der Waals surface area contributed by atoms with Gasteiger partial charge >= 0.3 is 0 Å². The highest BCUT2D eigenvalue weighted by Gasteiger charge is 2.35. The van der Waals surface area contributed by atoms with E-state index in [0.29, 0.717) is 21.9 Å². The molecular weight excluding hydrogens is 293 g/mol. The van der Waals surface area contributed by atoms with Gasteiger partial charge in [0.25, 0.3) is 0 Å². The Labute approximate surface area is 130 Å². The van der Waals surface area contributed by atoms with Crippen molar-refractivity contribution in [2.24, 2.45) is 5.92 Å². The zero-order chi connectivity index (χ0) is 14.1. The number of aromatic nitrogens is 1. The van der Waals surface area contributed by atoms with Crippen molar-refractivity contribution in [3.05, 3.63) is 16.1 Å². The van der Waals surface area contributed by atoms with Crippen LogP contribution in [0, 0.1) is 5.92 Å². The minimum Gasteiger partial charge on any atom is -0.372 e. The van der Waals surface area contributed by atoms with E-state index in [1.165, 1.54) is 38.5 Å². The summed E-state index contributed by atoms with van der Waals surface area (Å²) in [7, 11) is 1.84. The maximum atomic E-state index is 6.39. The van der Waals surface area contributed by atoms with Crippen molar-refractivity contribution >= 4 is 34.8 Å². The smallest absolute Gasteiger partial charge is 0.150 e. The van der Waals surface area contributed by atoms with Crippen LogP contribution in [0.1, 0.15) is 38.5 Å². The highest BCUT2D eigenvalue weighted by atomic mass is 35.5. The van der Waals surface area contributed by atoms with E-state index in [-0.39, 0.29) is 0 Å². The van der Waals surface area contributed by atoms with Crippen LogP contribution in [0.4, 0.5) is 11.6 Å². The second kappa shape index (κ2) is 5.98. The highest BCUT2D eigenvalue weighted by Crippen LogP contribution is 2.40. The molecule has 1 unspecified atom stereocenters. The maximum Gasteiger partial charge on any atom is 0.150 e. The van der Waals surface area contributed by atoms with E-state index in [1.807, 2.05) is 7.05 Å². The molecule has 1 aliphatic carbocycles. The quantitative estimate of drug-likeness (QED) is 0.884. The third-order valence-electron chi connectivity index (χ3n) is 4.66. The lowest BCUT2D eigenvalue weighted by Gasteiger charge is -2.31. The van der Waals surface area contributed by atoms with Crippen LogP contribution in [-0.4, -0.2) is 24.6 Å². The number of pyridine rings is 1. The first-order chi connectivity index (χ1) is 9.70. The molecule has 0 bridgehead atoms. The predicted octanol–water partition coefficient (Wildman–Crippen LogP) is 4.59. The number of halogens is 2. The summed E-state index contributed by atoms with van der Waals surface area (Å²) < 4.78 is 0. The van der Waals surface area contributed by atoms with Gasteiger partial charge in [-0.05, 0) is 37.7 Å². The Balaban J connectivity index is 1.90. The molecule has 5 heteroatoms. The molecule has 3 rings (SSSR count). The van der Waals surface area contributed by atoms with Crippen LogP contribution in [0.5, 0.6) is 0 Å². The molecular formula is C15H21Cl2N3. The first kappa shape index (κ1) is 14.3. The van der Waals surface area contributed by atoms with Gasteiger partial charge in [-0.3, -0.25) is 0 Å². The van der Waals surface area contributed by atoms with E-state index < -0.39 is 0 Å². The monoisotopic (exact) mass is 313 g/mol. The molecule has 0 spiro atoms. The molecule has 110 valence electrons. The molecule has 20 heavy (non-hydrogen) atoms. The summed E-state index contributed by atoms with van der Waals surface area (Å²) in [5, 5.41) is 4.29. The maximum absolute atomic E-state index is 6.39. The van der Waals surface area contributed by atoms with Gasteiger partial charge in [0.05, 0.1) is 10.0 Å². The molecule has 0 amide bonds. The van der Waals surface area contributed by atoms with Crippen molar-refractivity contribution < 1.29 is 0 Å². The van der Waals surface area contributed by atoms with Crippen LogP contribution in [0.15, 0.2) is 6.07 Å². The molecule has 1 atom stereocenters. The Hall–Kier alpha value is -0.670. The fraction of sp³-hybridized carbons (Fsp3) is 0.667. The van der Waals surface area contributed by atoms with E-state index in [2.05, 4.69) is 15.2 Å². The number of nitrogens with zero attached hydrogens (tertiary/aromatic N) is 2. The number of rotatable bonds is 3. The van der Waals surface area contributed by atoms with Crippen molar-refractivity contribution in [2.75, 3.05) is 23.8 Å². The van der Waals surface area contributed by atoms with E-state index in [9.17, 15) is 0 Å². The van der Waals surface area contributed by atoms with Gasteiger partial charge in [0.15, 0.2) is 0 Å². The predicted molar refractivity (Wildman–Crippen MR) is 86.1 cm³/mol. The summed E-state index contributed by atoms with van der Waals surface area (Å²) >= 11 is 12.5. The average molecular weight is 314 g/mol. The molecule has 2 fully saturated rings. The first-order valence-corrected chi connectivity index (χ1v) is 8.26. The molecule has 2 aliphatic rings. The molecule has 1 aromatic rings. The van der Waals surface area contributed by atoms with E-state index >= 15 is 0 Å². The number of hydrogen-bond donors (Lipinski definition) is 1. The fourth-order valence-electron chi connectivity index (χ4n) is 3.72. The Kier molecular flexibility index (Phi) is 4.27. The number of hydrogen-bond acceptors (Lipinski definition) is 3. The van der Waals surface area contributed by atoms with Gasteiger partial charge < -0.3 is 10.2 Å². The molecule has 2 heterocycles. The molecule has 3 nitrogen and oxygen atoms in total. The fourth-order valence-corrected chi connectivity index (χ4v) is 4.28. The molecule has 1 aromatic heterocycles. The SMILES string of the molecule is CNc1nc(N2CCCC2C2CCCC2)c(Cl)cc1Cl. The van der Waals surface area contributed by atoms with Crippen LogP contribution >= 0.6 is 23.2 Å². The molecule has 1 aliphatic heterocycles. The van der Waals surface area contributed by atoms with Crippen LogP contribution < -0.4 is 10.2 Å². The summed E-state index contributed by atoms with van der Waals surface area (Å²) in [5.74, 6) is 2.42. The molecule has 0 radical (unpaired) electrons. The second-order valence-electron chi connectivity index (χ2n) is 5.82. The van der Waals surface area contributed by atoms with Crippen molar-refractivity contribution in [1.82, 2.24) is 4.98 Å². The van der Waals surface area contributed by atoms with E-state index in [1.54, 1.807) is 6.07 Å². The number of anilines is 2. The summed E-state index contributed by atoms with van der Waals surface area (Å²) in [6, 6.07) is 2.41. The highest BCUT2D eigenvalue weighted by molar-refractivity contribution is 6.37.